The van der Waals surface area contributed by atoms with E-state index >= 15 is 0 Å². The molecule has 0 radical (unpaired) electrons. The SMILES string of the molecule is Cc1nc2c(cc1C(=O)O)CC(c1ccccc1)CC2. The summed E-state index contributed by atoms with van der Waals surface area (Å²) in [6, 6.07) is 12.2. The van der Waals surface area contributed by atoms with E-state index in [1.165, 1.54) is 5.56 Å². The Balaban J connectivity index is 1.94. The molecular formula is C17H17NO2. The van der Waals surface area contributed by atoms with Crippen LogP contribution >= 0.6 is 0 Å². The average molecular weight is 267 g/mol. The van der Waals surface area contributed by atoms with Crippen LogP contribution in [-0.2, 0) is 12.8 Å². The lowest BCUT2D eigenvalue weighted by Gasteiger charge is -2.25. The van der Waals surface area contributed by atoms with Gasteiger partial charge >= 0.3 is 5.97 Å². The van der Waals surface area contributed by atoms with E-state index in [9.17, 15) is 9.90 Å². The van der Waals surface area contributed by atoms with Crippen LogP contribution in [0.25, 0.3) is 0 Å². The summed E-state index contributed by atoms with van der Waals surface area (Å²) >= 11 is 0. The summed E-state index contributed by atoms with van der Waals surface area (Å²) in [6.45, 7) is 1.77. The van der Waals surface area contributed by atoms with Gasteiger partial charge in [0, 0.05) is 5.69 Å². The van der Waals surface area contributed by atoms with Gasteiger partial charge in [-0.25, -0.2) is 4.79 Å². The highest BCUT2D eigenvalue weighted by Crippen LogP contribution is 2.32. The maximum absolute atomic E-state index is 11.2. The van der Waals surface area contributed by atoms with Crippen molar-refractivity contribution in [2.24, 2.45) is 0 Å². The van der Waals surface area contributed by atoms with Gasteiger partial charge in [0.1, 0.15) is 0 Å². The second kappa shape index (κ2) is 5.08. The molecule has 0 aliphatic heterocycles. The third-order valence-electron chi connectivity index (χ3n) is 4.08. The molecule has 1 aromatic carbocycles. The van der Waals surface area contributed by atoms with Crippen LogP contribution < -0.4 is 0 Å². The van der Waals surface area contributed by atoms with Crippen molar-refractivity contribution in [1.29, 1.82) is 0 Å². The fraction of sp³-hybridized carbons (Fsp3) is 0.294. The summed E-state index contributed by atoms with van der Waals surface area (Å²) in [4.78, 5) is 15.7. The third-order valence-corrected chi connectivity index (χ3v) is 4.08. The molecule has 2 aromatic rings. The Kier molecular flexibility index (Phi) is 3.26. The Morgan fingerprint density at radius 2 is 2.05 bits per heavy atom. The molecule has 1 heterocycles. The Morgan fingerprint density at radius 1 is 1.30 bits per heavy atom. The molecule has 1 unspecified atom stereocenters. The van der Waals surface area contributed by atoms with E-state index in [1.807, 2.05) is 12.1 Å². The Morgan fingerprint density at radius 3 is 2.75 bits per heavy atom. The molecule has 0 saturated heterocycles. The zero-order valence-corrected chi connectivity index (χ0v) is 11.5. The number of carbonyl (C=O) groups is 1. The number of aromatic nitrogens is 1. The fourth-order valence-corrected chi connectivity index (χ4v) is 2.99. The molecule has 20 heavy (non-hydrogen) atoms. The maximum atomic E-state index is 11.2. The molecule has 3 heteroatoms. The molecule has 1 atom stereocenters. The first kappa shape index (κ1) is 12.9. The zero-order chi connectivity index (χ0) is 14.1. The first-order chi connectivity index (χ1) is 9.65. The predicted molar refractivity (Wildman–Crippen MR) is 77.1 cm³/mol. The molecule has 0 fully saturated rings. The predicted octanol–water partition coefficient (Wildman–Crippen LogP) is 3.36. The molecule has 0 amide bonds. The van der Waals surface area contributed by atoms with E-state index in [2.05, 4.69) is 29.2 Å². The van der Waals surface area contributed by atoms with E-state index in [0.717, 1.165) is 30.5 Å². The van der Waals surface area contributed by atoms with E-state index in [-0.39, 0.29) is 0 Å². The van der Waals surface area contributed by atoms with Gasteiger partial charge in [0.15, 0.2) is 0 Å². The van der Waals surface area contributed by atoms with Gasteiger partial charge in [0.25, 0.3) is 0 Å². The minimum atomic E-state index is -0.889. The smallest absolute Gasteiger partial charge is 0.337 e. The number of carboxylic acid groups (broad SMARTS) is 1. The van der Waals surface area contributed by atoms with Crippen LogP contribution in [0.2, 0.25) is 0 Å². The number of pyridine rings is 1. The van der Waals surface area contributed by atoms with Gasteiger partial charge in [-0.2, -0.15) is 0 Å². The van der Waals surface area contributed by atoms with Crippen molar-refractivity contribution in [3.05, 3.63) is 64.5 Å². The standard InChI is InChI=1S/C17H17NO2/c1-11-15(17(19)20)10-14-9-13(7-8-16(14)18-11)12-5-3-2-4-6-12/h2-6,10,13H,7-9H2,1H3,(H,19,20). The highest BCUT2D eigenvalue weighted by molar-refractivity contribution is 5.89. The van der Waals surface area contributed by atoms with Gasteiger partial charge in [-0.1, -0.05) is 30.3 Å². The minimum absolute atomic E-state index is 0.331. The van der Waals surface area contributed by atoms with E-state index in [4.69, 9.17) is 0 Å². The lowest BCUT2D eigenvalue weighted by molar-refractivity contribution is 0.0695. The van der Waals surface area contributed by atoms with Crippen molar-refractivity contribution >= 4 is 5.97 Å². The molecule has 3 nitrogen and oxygen atoms in total. The number of hydrogen-bond acceptors (Lipinski definition) is 2. The molecule has 1 aliphatic carbocycles. The highest BCUT2D eigenvalue weighted by Gasteiger charge is 2.23. The summed E-state index contributed by atoms with van der Waals surface area (Å²) in [5, 5.41) is 9.21. The van der Waals surface area contributed by atoms with Crippen molar-refractivity contribution < 1.29 is 9.90 Å². The van der Waals surface area contributed by atoms with Crippen molar-refractivity contribution in [1.82, 2.24) is 4.98 Å². The number of rotatable bonds is 2. The number of aromatic carboxylic acids is 1. The monoisotopic (exact) mass is 267 g/mol. The molecule has 1 N–H and O–H groups in total. The van der Waals surface area contributed by atoms with Gasteiger partial charge in [0.05, 0.1) is 11.3 Å². The first-order valence-electron chi connectivity index (χ1n) is 6.93. The fourth-order valence-electron chi connectivity index (χ4n) is 2.99. The number of carboxylic acids is 1. The summed E-state index contributed by atoms with van der Waals surface area (Å²) in [5.74, 6) is -0.422. The van der Waals surface area contributed by atoms with E-state index in [0.29, 0.717) is 17.2 Å². The molecule has 0 bridgehead atoms. The number of benzene rings is 1. The van der Waals surface area contributed by atoms with Gasteiger partial charge < -0.3 is 5.11 Å². The Hall–Kier alpha value is -2.16. The Bertz CT molecular complexity index is 650. The highest BCUT2D eigenvalue weighted by atomic mass is 16.4. The average Bonchev–Trinajstić information content (AvgIpc) is 2.47. The van der Waals surface area contributed by atoms with E-state index in [1.54, 1.807) is 6.92 Å². The zero-order valence-electron chi connectivity index (χ0n) is 11.5. The quantitative estimate of drug-likeness (QED) is 0.907. The molecule has 102 valence electrons. The second-order valence-electron chi connectivity index (χ2n) is 5.38. The number of aryl methyl sites for hydroxylation is 2. The van der Waals surface area contributed by atoms with Crippen molar-refractivity contribution in [3.8, 4) is 0 Å². The van der Waals surface area contributed by atoms with Crippen LogP contribution in [0.4, 0.5) is 0 Å². The van der Waals surface area contributed by atoms with Crippen LogP contribution in [0, 0.1) is 6.92 Å². The first-order valence-corrected chi connectivity index (χ1v) is 6.93. The molecule has 0 spiro atoms. The number of hydrogen-bond donors (Lipinski definition) is 1. The molecule has 3 rings (SSSR count). The summed E-state index contributed by atoms with van der Waals surface area (Å²) in [5.41, 5.74) is 4.44. The molecule has 1 aromatic heterocycles. The van der Waals surface area contributed by atoms with Crippen molar-refractivity contribution in [2.75, 3.05) is 0 Å². The van der Waals surface area contributed by atoms with Crippen LogP contribution in [0.3, 0.4) is 0 Å². The van der Waals surface area contributed by atoms with Crippen molar-refractivity contribution in [3.63, 3.8) is 0 Å². The maximum Gasteiger partial charge on any atom is 0.337 e. The lowest BCUT2D eigenvalue weighted by atomic mass is 9.81. The Labute approximate surface area is 118 Å². The normalized spacial score (nSPS) is 17.6. The minimum Gasteiger partial charge on any atom is -0.478 e. The number of nitrogens with zero attached hydrogens (tertiary/aromatic N) is 1. The van der Waals surface area contributed by atoms with Gasteiger partial charge in [-0.15, -0.1) is 0 Å². The van der Waals surface area contributed by atoms with Crippen LogP contribution in [0.15, 0.2) is 36.4 Å². The summed E-state index contributed by atoms with van der Waals surface area (Å²) in [6.07, 6.45) is 2.89. The summed E-state index contributed by atoms with van der Waals surface area (Å²) < 4.78 is 0. The molecule has 0 saturated carbocycles. The summed E-state index contributed by atoms with van der Waals surface area (Å²) in [7, 11) is 0. The van der Waals surface area contributed by atoms with Gasteiger partial charge in [0.2, 0.25) is 0 Å². The molecule has 1 aliphatic rings. The largest absolute Gasteiger partial charge is 0.478 e. The van der Waals surface area contributed by atoms with Crippen LogP contribution in [0.5, 0.6) is 0 Å². The van der Waals surface area contributed by atoms with Gasteiger partial charge in [-0.3, -0.25) is 4.98 Å². The van der Waals surface area contributed by atoms with E-state index < -0.39 is 5.97 Å². The van der Waals surface area contributed by atoms with Crippen LogP contribution in [0.1, 0.15) is 45.2 Å². The lowest BCUT2D eigenvalue weighted by Crippen LogP contribution is -2.16. The van der Waals surface area contributed by atoms with Gasteiger partial charge in [-0.05, 0) is 49.3 Å². The third kappa shape index (κ3) is 2.31. The van der Waals surface area contributed by atoms with Crippen molar-refractivity contribution in [2.45, 2.75) is 32.1 Å². The second-order valence-corrected chi connectivity index (χ2v) is 5.38. The molecular weight excluding hydrogens is 250 g/mol. The number of fused-ring (bicyclic) bond motifs is 1. The topological polar surface area (TPSA) is 50.2 Å². The van der Waals surface area contributed by atoms with Crippen LogP contribution in [-0.4, -0.2) is 16.1 Å².